The van der Waals surface area contributed by atoms with Gasteiger partial charge in [-0.3, -0.25) is 19.3 Å². The van der Waals surface area contributed by atoms with Crippen LogP contribution in [0.2, 0.25) is 0 Å². The van der Waals surface area contributed by atoms with E-state index in [-0.39, 0.29) is 30.6 Å². The molecule has 21 heavy (non-hydrogen) atoms. The van der Waals surface area contributed by atoms with Crippen molar-refractivity contribution in [2.24, 2.45) is 11.3 Å². The molecule has 0 saturated carbocycles. The van der Waals surface area contributed by atoms with E-state index in [4.69, 9.17) is 5.11 Å². The summed E-state index contributed by atoms with van der Waals surface area (Å²) in [5, 5.41) is 8.74. The van der Waals surface area contributed by atoms with Crippen LogP contribution in [0.15, 0.2) is 24.3 Å². The highest BCUT2D eigenvalue weighted by atomic mass is 16.4. The molecule has 0 radical (unpaired) electrons. The van der Waals surface area contributed by atoms with Crippen molar-refractivity contribution in [3.8, 4) is 0 Å². The molecular formula is C16H19NO4. The number of carbonyl (C=O) groups is 3. The summed E-state index contributed by atoms with van der Waals surface area (Å²) in [6.45, 7) is 5.69. The molecule has 1 unspecified atom stereocenters. The molecule has 2 amide bonds. The van der Waals surface area contributed by atoms with Gasteiger partial charge < -0.3 is 5.11 Å². The maximum Gasteiger partial charge on any atom is 0.307 e. The number of rotatable bonds is 4. The average Bonchev–Trinajstić information content (AvgIpc) is 2.62. The number of nitrogens with zero attached hydrogens (tertiary/aromatic N) is 1. The van der Waals surface area contributed by atoms with Gasteiger partial charge in [-0.2, -0.15) is 0 Å². The summed E-state index contributed by atoms with van der Waals surface area (Å²) in [5.74, 6) is -1.23. The van der Waals surface area contributed by atoms with Crippen molar-refractivity contribution in [1.29, 1.82) is 0 Å². The molecule has 1 atom stereocenters. The molecule has 0 spiro atoms. The van der Waals surface area contributed by atoms with Crippen molar-refractivity contribution in [3.05, 3.63) is 29.8 Å². The molecule has 1 saturated heterocycles. The molecule has 2 rings (SSSR count). The fourth-order valence-electron chi connectivity index (χ4n) is 2.49. The van der Waals surface area contributed by atoms with Crippen LogP contribution in [0, 0.1) is 11.3 Å². The topological polar surface area (TPSA) is 74.7 Å². The Bertz CT molecular complexity index is 591. The van der Waals surface area contributed by atoms with Crippen LogP contribution in [-0.2, 0) is 20.8 Å². The smallest absolute Gasteiger partial charge is 0.307 e. The number of hydrogen-bond donors (Lipinski definition) is 1. The van der Waals surface area contributed by atoms with E-state index in [1.165, 1.54) is 4.90 Å². The van der Waals surface area contributed by atoms with Crippen molar-refractivity contribution in [1.82, 2.24) is 0 Å². The fraction of sp³-hybridized carbons (Fsp3) is 0.438. The van der Waals surface area contributed by atoms with Gasteiger partial charge in [-0.1, -0.05) is 26.0 Å². The van der Waals surface area contributed by atoms with Crippen LogP contribution in [0.1, 0.15) is 32.8 Å². The molecular weight excluding hydrogens is 270 g/mol. The molecule has 1 aromatic carbocycles. The second-order valence-electron chi connectivity index (χ2n) is 6.02. The van der Waals surface area contributed by atoms with Crippen molar-refractivity contribution in [2.75, 3.05) is 4.90 Å². The third-order valence-corrected chi connectivity index (χ3v) is 4.28. The molecule has 0 aromatic heterocycles. The van der Waals surface area contributed by atoms with E-state index in [1.807, 2.05) is 20.8 Å². The number of carboxylic acids is 1. The number of hydrogen-bond acceptors (Lipinski definition) is 3. The lowest BCUT2D eigenvalue weighted by atomic mass is 9.78. The first-order chi connectivity index (χ1) is 9.75. The minimum Gasteiger partial charge on any atom is -0.481 e. The van der Waals surface area contributed by atoms with Crippen molar-refractivity contribution in [3.63, 3.8) is 0 Å². The second kappa shape index (κ2) is 5.31. The highest BCUT2D eigenvalue weighted by Crippen LogP contribution is 2.41. The normalized spacial score (nSPS) is 22.2. The maximum absolute atomic E-state index is 12.6. The Morgan fingerprint density at radius 2 is 1.86 bits per heavy atom. The molecule has 1 aliphatic heterocycles. The standard InChI is InChI=1S/C16H19NO4/c1-10(2)16(3)9-13(18)17(15(16)21)12-6-4-11(5-7-12)8-14(19)20/h4-7,10H,8-9H2,1-3H3,(H,19,20). The maximum atomic E-state index is 12.6. The predicted molar refractivity (Wildman–Crippen MR) is 77.8 cm³/mol. The molecule has 5 nitrogen and oxygen atoms in total. The van der Waals surface area contributed by atoms with Crippen LogP contribution in [0.5, 0.6) is 0 Å². The van der Waals surface area contributed by atoms with E-state index in [9.17, 15) is 14.4 Å². The van der Waals surface area contributed by atoms with Gasteiger partial charge in [-0.15, -0.1) is 0 Å². The largest absolute Gasteiger partial charge is 0.481 e. The van der Waals surface area contributed by atoms with Crippen LogP contribution in [0.3, 0.4) is 0 Å². The van der Waals surface area contributed by atoms with Gasteiger partial charge in [0.2, 0.25) is 11.8 Å². The van der Waals surface area contributed by atoms with E-state index in [0.717, 1.165) is 0 Å². The average molecular weight is 289 g/mol. The Morgan fingerprint density at radius 3 is 2.29 bits per heavy atom. The Hall–Kier alpha value is -2.17. The SMILES string of the molecule is CC(C)C1(C)CC(=O)N(c2ccc(CC(=O)O)cc2)C1=O. The Labute approximate surface area is 123 Å². The minimum absolute atomic E-state index is 0.0743. The summed E-state index contributed by atoms with van der Waals surface area (Å²) in [5.41, 5.74) is 0.470. The van der Waals surface area contributed by atoms with E-state index in [2.05, 4.69) is 0 Å². The summed E-state index contributed by atoms with van der Waals surface area (Å²) in [4.78, 5) is 36.6. The first-order valence-corrected chi connectivity index (χ1v) is 6.94. The van der Waals surface area contributed by atoms with Crippen LogP contribution in [-0.4, -0.2) is 22.9 Å². The number of carboxylic acid groups (broad SMARTS) is 1. The van der Waals surface area contributed by atoms with Crippen molar-refractivity contribution in [2.45, 2.75) is 33.6 Å². The summed E-state index contributed by atoms with van der Waals surface area (Å²) in [6.07, 6.45) is 0.131. The summed E-state index contributed by atoms with van der Waals surface area (Å²) in [6, 6.07) is 6.52. The molecule has 1 aromatic rings. The zero-order chi connectivity index (χ0) is 15.8. The van der Waals surface area contributed by atoms with Crippen LogP contribution in [0.25, 0.3) is 0 Å². The molecule has 1 heterocycles. The lowest BCUT2D eigenvalue weighted by Gasteiger charge is -2.26. The summed E-state index contributed by atoms with van der Waals surface area (Å²) < 4.78 is 0. The summed E-state index contributed by atoms with van der Waals surface area (Å²) >= 11 is 0. The van der Waals surface area contributed by atoms with Gasteiger partial charge in [-0.25, -0.2) is 0 Å². The minimum atomic E-state index is -0.913. The Balaban J connectivity index is 2.28. The number of anilines is 1. The predicted octanol–water partition coefficient (Wildman–Crippen LogP) is 2.24. The van der Waals surface area contributed by atoms with Gasteiger partial charge in [0.05, 0.1) is 17.5 Å². The Morgan fingerprint density at radius 1 is 1.29 bits per heavy atom. The lowest BCUT2D eigenvalue weighted by molar-refractivity contribution is -0.136. The van der Waals surface area contributed by atoms with Crippen LogP contribution in [0.4, 0.5) is 5.69 Å². The molecule has 112 valence electrons. The van der Waals surface area contributed by atoms with Gasteiger partial charge in [0, 0.05) is 6.42 Å². The van der Waals surface area contributed by atoms with Crippen molar-refractivity contribution < 1.29 is 19.5 Å². The zero-order valence-electron chi connectivity index (χ0n) is 12.4. The van der Waals surface area contributed by atoms with Gasteiger partial charge in [0.15, 0.2) is 0 Å². The molecule has 0 aliphatic carbocycles. The zero-order valence-corrected chi connectivity index (χ0v) is 12.4. The van der Waals surface area contributed by atoms with Gasteiger partial charge in [-0.05, 0) is 30.5 Å². The van der Waals surface area contributed by atoms with E-state index >= 15 is 0 Å². The second-order valence-corrected chi connectivity index (χ2v) is 6.02. The monoisotopic (exact) mass is 289 g/mol. The number of benzene rings is 1. The van der Waals surface area contributed by atoms with Gasteiger partial charge in [0.25, 0.3) is 0 Å². The third-order valence-electron chi connectivity index (χ3n) is 4.28. The van der Waals surface area contributed by atoms with E-state index < -0.39 is 11.4 Å². The first-order valence-electron chi connectivity index (χ1n) is 6.94. The third kappa shape index (κ3) is 2.68. The highest BCUT2D eigenvalue weighted by molar-refractivity contribution is 6.22. The first kappa shape index (κ1) is 15.2. The molecule has 1 N–H and O–H groups in total. The van der Waals surface area contributed by atoms with Crippen LogP contribution >= 0.6 is 0 Å². The van der Waals surface area contributed by atoms with Gasteiger partial charge in [0.1, 0.15) is 0 Å². The molecule has 1 aliphatic rings. The number of aliphatic carboxylic acids is 1. The van der Waals surface area contributed by atoms with Gasteiger partial charge >= 0.3 is 5.97 Å². The number of imide groups is 1. The molecule has 5 heteroatoms. The van der Waals surface area contributed by atoms with Crippen molar-refractivity contribution >= 4 is 23.5 Å². The number of carbonyl (C=O) groups excluding carboxylic acids is 2. The van der Waals surface area contributed by atoms with Crippen LogP contribution < -0.4 is 4.90 Å². The Kier molecular flexibility index (Phi) is 3.85. The number of amides is 2. The lowest BCUT2D eigenvalue weighted by Crippen LogP contribution is -2.36. The summed E-state index contributed by atoms with van der Waals surface area (Å²) in [7, 11) is 0. The molecule has 0 bridgehead atoms. The highest BCUT2D eigenvalue weighted by Gasteiger charge is 2.50. The molecule has 1 fully saturated rings. The quantitative estimate of drug-likeness (QED) is 0.863. The van der Waals surface area contributed by atoms with E-state index in [1.54, 1.807) is 24.3 Å². The fourth-order valence-corrected chi connectivity index (χ4v) is 2.49. The van der Waals surface area contributed by atoms with E-state index in [0.29, 0.717) is 11.3 Å².